The predicted octanol–water partition coefficient (Wildman–Crippen LogP) is 3.35. The number of hydrogen-bond acceptors (Lipinski definition) is 5. The van der Waals surface area contributed by atoms with Gasteiger partial charge in [-0.15, -0.1) is 0 Å². The number of amides is 1. The monoisotopic (exact) mass is 390 g/mol. The molecule has 1 aromatic carbocycles. The van der Waals surface area contributed by atoms with Crippen LogP contribution in [0.2, 0.25) is 0 Å². The Balaban J connectivity index is 1.72. The molecular formula is C19H16F2N2O5. The third-order valence-electron chi connectivity index (χ3n) is 3.75. The van der Waals surface area contributed by atoms with Crippen molar-refractivity contribution in [3.8, 4) is 11.5 Å². The number of anilines is 1. The first-order valence-corrected chi connectivity index (χ1v) is 8.14. The second-order valence-electron chi connectivity index (χ2n) is 5.63. The maximum atomic E-state index is 12.5. The molecule has 0 saturated carbocycles. The number of aromatic nitrogens is 1. The topological polar surface area (TPSA) is 82.7 Å². The molecule has 0 bridgehead atoms. The summed E-state index contributed by atoms with van der Waals surface area (Å²) in [6.07, 6.45) is 1.60. The van der Waals surface area contributed by atoms with Crippen molar-refractivity contribution in [2.24, 2.45) is 0 Å². The number of nitrogens with zero attached hydrogens (tertiary/aromatic N) is 1. The van der Waals surface area contributed by atoms with E-state index in [9.17, 15) is 18.4 Å². The third-order valence-corrected chi connectivity index (χ3v) is 3.75. The van der Waals surface area contributed by atoms with E-state index >= 15 is 0 Å². The summed E-state index contributed by atoms with van der Waals surface area (Å²) in [5, 5.41) is 2.53. The second-order valence-corrected chi connectivity index (χ2v) is 5.63. The summed E-state index contributed by atoms with van der Waals surface area (Å²) in [5.74, 6) is -0.272. The van der Waals surface area contributed by atoms with Crippen molar-refractivity contribution in [2.75, 3.05) is 12.4 Å². The maximum Gasteiger partial charge on any atom is 0.387 e. The van der Waals surface area contributed by atoms with Gasteiger partial charge in [0.2, 0.25) is 0 Å². The van der Waals surface area contributed by atoms with Crippen molar-refractivity contribution in [2.45, 2.75) is 13.2 Å². The fourth-order valence-electron chi connectivity index (χ4n) is 2.48. The first-order chi connectivity index (χ1) is 13.5. The van der Waals surface area contributed by atoms with Crippen LogP contribution in [0.5, 0.6) is 11.5 Å². The molecule has 0 unspecified atom stereocenters. The summed E-state index contributed by atoms with van der Waals surface area (Å²) < 4.78 is 41.2. The molecule has 2 aromatic heterocycles. The van der Waals surface area contributed by atoms with E-state index in [1.54, 1.807) is 24.4 Å². The van der Waals surface area contributed by atoms with Gasteiger partial charge in [-0.05, 0) is 30.3 Å². The average molecular weight is 390 g/mol. The summed E-state index contributed by atoms with van der Waals surface area (Å²) in [6.45, 7) is -2.86. The van der Waals surface area contributed by atoms with Gasteiger partial charge in [-0.2, -0.15) is 8.78 Å². The van der Waals surface area contributed by atoms with Crippen LogP contribution in [0.4, 0.5) is 14.5 Å². The molecule has 0 aliphatic heterocycles. The Hall–Kier alpha value is -3.62. The molecule has 0 fully saturated rings. The largest absolute Gasteiger partial charge is 0.493 e. The highest BCUT2D eigenvalue weighted by atomic mass is 19.3. The number of ether oxygens (including phenoxy) is 2. The predicted molar refractivity (Wildman–Crippen MR) is 96.1 cm³/mol. The average Bonchev–Trinajstić information content (AvgIpc) is 3.12. The quantitative estimate of drug-likeness (QED) is 0.669. The smallest absolute Gasteiger partial charge is 0.387 e. The molecule has 3 aromatic rings. The molecule has 0 aliphatic rings. The van der Waals surface area contributed by atoms with Gasteiger partial charge in [0.25, 0.3) is 11.5 Å². The Morgan fingerprint density at radius 3 is 2.71 bits per heavy atom. The molecule has 146 valence electrons. The first kappa shape index (κ1) is 19.2. The minimum Gasteiger partial charge on any atom is -0.493 e. The minimum atomic E-state index is -3.03. The lowest BCUT2D eigenvalue weighted by Crippen LogP contribution is -2.18. The van der Waals surface area contributed by atoms with Gasteiger partial charge in [0, 0.05) is 24.0 Å². The summed E-state index contributed by atoms with van der Waals surface area (Å²) in [4.78, 5) is 24.1. The summed E-state index contributed by atoms with van der Waals surface area (Å²) in [7, 11) is 1.31. The van der Waals surface area contributed by atoms with Crippen LogP contribution < -0.4 is 20.3 Å². The van der Waals surface area contributed by atoms with Gasteiger partial charge in [0.1, 0.15) is 5.76 Å². The number of carbonyl (C=O) groups excluding carboxylic acids is 1. The van der Waals surface area contributed by atoms with E-state index in [4.69, 9.17) is 9.15 Å². The fraction of sp³-hybridized carbons (Fsp3) is 0.158. The van der Waals surface area contributed by atoms with Crippen LogP contribution >= 0.6 is 0 Å². The Labute approximate surface area is 158 Å². The lowest BCUT2D eigenvalue weighted by atomic mass is 10.2. The highest BCUT2D eigenvalue weighted by molar-refractivity contribution is 6.02. The molecule has 9 heteroatoms. The van der Waals surface area contributed by atoms with Crippen LogP contribution in [0.25, 0.3) is 0 Å². The number of benzene rings is 1. The number of rotatable bonds is 7. The van der Waals surface area contributed by atoms with Gasteiger partial charge >= 0.3 is 6.61 Å². The van der Waals surface area contributed by atoms with Crippen LogP contribution in [-0.4, -0.2) is 24.2 Å². The summed E-state index contributed by atoms with van der Waals surface area (Å²) in [6, 6.07) is 11.9. The molecule has 0 aliphatic carbocycles. The normalized spacial score (nSPS) is 10.7. The molecule has 0 radical (unpaired) electrons. The second kappa shape index (κ2) is 8.38. The molecule has 0 atom stereocenters. The molecule has 2 heterocycles. The van der Waals surface area contributed by atoms with Crippen molar-refractivity contribution >= 4 is 11.6 Å². The number of pyridine rings is 1. The van der Waals surface area contributed by atoms with Crippen molar-refractivity contribution in [3.63, 3.8) is 0 Å². The Morgan fingerprint density at radius 2 is 2.00 bits per heavy atom. The van der Waals surface area contributed by atoms with E-state index in [2.05, 4.69) is 10.1 Å². The fourth-order valence-corrected chi connectivity index (χ4v) is 2.48. The zero-order chi connectivity index (χ0) is 20.1. The van der Waals surface area contributed by atoms with Crippen molar-refractivity contribution in [1.82, 2.24) is 4.57 Å². The van der Waals surface area contributed by atoms with Crippen molar-refractivity contribution in [1.29, 1.82) is 0 Å². The molecular weight excluding hydrogens is 374 g/mol. The third kappa shape index (κ3) is 4.56. The Kier molecular flexibility index (Phi) is 5.73. The van der Waals surface area contributed by atoms with Gasteiger partial charge < -0.3 is 23.8 Å². The maximum absolute atomic E-state index is 12.5. The van der Waals surface area contributed by atoms with Gasteiger partial charge in [-0.3, -0.25) is 9.59 Å². The highest BCUT2D eigenvalue weighted by Gasteiger charge is 2.15. The first-order valence-electron chi connectivity index (χ1n) is 8.14. The van der Waals surface area contributed by atoms with Gasteiger partial charge in [-0.1, -0.05) is 6.07 Å². The number of methoxy groups -OCH3 is 1. The van der Waals surface area contributed by atoms with Crippen LogP contribution in [0.15, 0.2) is 63.9 Å². The van der Waals surface area contributed by atoms with Crippen LogP contribution in [0, 0.1) is 0 Å². The minimum absolute atomic E-state index is 0.00567. The van der Waals surface area contributed by atoms with E-state index in [1.165, 1.54) is 42.0 Å². The van der Waals surface area contributed by atoms with E-state index in [-0.39, 0.29) is 35.1 Å². The number of nitrogens with one attached hydrogen (secondary N) is 1. The molecule has 0 spiro atoms. The van der Waals surface area contributed by atoms with E-state index in [0.717, 1.165) is 0 Å². The zero-order valence-electron chi connectivity index (χ0n) is 14.7. The molecule has 7 nitrogen and oxygen atoms in total. The van der Waals surface area contributed by atoms with Crippen molar-refractivity contribution < 1.29 is 27.5 Å². The Bertz CT molecular complexity index is 1030. The molecule has 0 saturated heterocycles. The van der Waals surface area contributed by atoms with Crippen molar-refractivity contribution in [3.05, 3.63) is 76.6 Å². The number of alkyl halides is 2. The van der Waals surface area contributed by atoms with E-state index in [1.807, 2.05) is 0 Å². The number of furan rings is 1. The lowest BCUT2D eigenvalue weighted by Gasteiger charge is -2.11. The molecule has 3 rings (SSSR count). The number of hydrogen-bond donors (Lipinski definition) is 1. The summed E-state index contributed by atoms with van der Waals surface area (Å²) >= 11 is 0. The molecule has 1 amide bonds. The number of halogens is 2. The molecule has 1 N–H and O–H groups in total. The van der Waals surface area contributed by atoms with Gasteiger partial charge in [0.15, 0.2) is 17.3 Å². The summed E-state index contributed by atoms with van der Waals surface area (Å²) in [5.41, 5.74) is 0.0216. The zero-order valence-corrected chi connectivity index (χ0v) is 14.7. The SMILES string of the molecule is COc1ccc(NC(=O)c2ccc(Cn3ccccc3=O)o2)cc1OC(F)F. The lowest BCUT2D eigenvalue weighted by molar-refractivity contribution is -0.0511. The standard InChI is InChI=1S/C19H16F2N2O5/c1-26-14-7-5-12(10-16(14)28-19(20)21)22-18(25)15-8-6-13(27-15)11-23-9-3-2-4-17(23)24/h2-10,19H,11H2,1H3,(H,22,25). The van der Waals surface area contributed by atoms with E-state index < -0.39 is 12.5 Å². The Morgan fingerprint density at radius 1 is 1.18 bits per heavy atom. The van der Waals surface area contributed by atoms with Crippen LogP contribution in [0.1, 0.15) is 16.3 Å². The van der Waals surface area contributed by atoms with Crippen LogP contribution in [0.3, 0.4) is 0 Å². The van der Waals surface area contributed by atoms with Crippen LogP contribution in [-0.2, 0) is 6.54 Å². The number of carbonyl (C=O) groups is 1. The van der Waals surface area contributed by atoms with E-state index in [0.29, 0.717) is 5.76 Å². The van der Waals surface area contributed by atoms with Gasteiger partial charge in [0.05, 0.1) is 13.7 Å². The van der Waals surface area contributed by atoms with Gasteiger partial charge in [-0.25, -0.2) is 0 Å². The highest BCUT2D eigenvalue weighted by Crippen LogP contribution is 2.31. The molecule has 28 heavy (non-hydrogen) atoms.